The molecule has 1 atom stereocenters. The first-order chi connectivity index (χ1) is 13.8. The molecule has 2 aromatic carbocycles. The number of amides is 1. The van der Waals surface area contributed by atoms with Crippen LogP contribution in [0.2, 0.25) is 0 Å². The van der Waals surface area contributed by atoms with E-state index in [-0.39, 0.29) is 24.0 Å². The number of rotatable bonds is 8. The normalized spacial score (nSPS) is 13.6. The van der Waals surface area contributed by atoms with Crippen LogP contribution in [0.3, 0.4) is 0 Å². The predicted molar refractivity (Wildman–Crippen MR) is 104 cm³/mol. The van der Waals surface area contributed by atoms with Crippen LogP contribution in [0.25, 0.3) is 0 Å². The Hall–Kier alpha value is -2.98. The fourth-order valence-corrected chi connectivity index (χ4v) is 3.95. The highest BCUT2D eigenvalue weighted by molar-refractivity contribution is 7.89. The molecule has 3 rings (SSSR count). The van der Waals surface area contributed by atoms with Gasteiger partial charge in [-0.1, -0.05) is 6.07 Å². The second-order valence-corrected chi connectivity index (χ2v) is 7.98. The summed E-state index contributed by atoms with van der Waals surface area (Å²) in [4.78, 5) is 12.3. The van der Waals surface area contributed by atoms with E-state index in [2.05, 4.69) is 10.0 Å². The lowest BCUT2D eigenvalue weighted by Crippen LogP contribution is -2.44. The van der Waals surface area contributed by atoms with Crippen LogP contribution in [0, 0.1) is 0 Å². The molecular formula is C19H22N2O7S. The van der Waals surface area contributed by atoms with Crippen molar-refractivity contribution in [3.63, 3.8) is 0 Å². The minimum atomic E-state index is -3.94. The standard InChI is InChI=1S/C19H22N2O7S/c1-12(19(22)20-10-13-4-6-16-18(8-13)28-11-27-16)21-29(23,24)14-5-7-15(25-2)17(9-14)26-3/h4-9,12,21H,10-11H2,1-3H3,(H,20,22)/t12-/m1/s1. The summed E-state index contributed by atoms with van der Waals surface area (Å²) in [6, 6.07) is 8.53. The van der Waals surface area contributed by atoms with Gasteiger partial charge >= 0.3 is 0 Å². The molecule has 0 saturated carbocycles. The molecule has 0 radical (unpaired) electrons. The molecule has 2 N–H and O–H groups in total. The van der Waals surface area contributed by atoms with Gasteiger partial charge in [0.2, 0.25) is 22.7 Å². The maximum atomic E-state index is 12.6. The molecule has 1 aliphatic heterocycles. The number of hydrogen-bond acceptors (Lipinski definition) is 7. The van der Waals surface area contributed by atoms with Gasteiger partial charge < -0.3 is 24.3 Å². The summed E-state index contributed by atoms with van der Waals surface area (Å²) in [6.07, 6.45) is 0. The monoisotopic (exact) mass is 422 g/mol. The molecule has 0 saturated heterocycles. The summed E-state index contributed by atoms with van der Waals surface area (Å²) in [5.41, 5.74) is 0.803. The predicted octanol–water partition coefficient (Wildman–Crippen LogP) is 1.42. The maximum Gasteiger partial charge on any atom is 0.241 e. The third-order valence-corrected chi connectivity index (χ3v) is 5.83. The second-order valence-electron chi connectivity index (χ2n) is 6.27. The fraction of sp³-hybridized carbons (Fsp3) is 0.316. The second kappa shape index (κ2) is 8.58. The zero-order valence-corrected chi connectivity index (χ0v) is 17.0. The SMILES string of the molecule is COc1ccc(S(=O)(=O)N[C@H](C)C(=O)NCc2ccc3c(c2)OCO3)cc1OC. The minimum Gasteiger partial charge on any atom is -0.493 e. The smallest absolute Gasteiger partial charge is 0.241 e. The highest BCUT2D eigenvalue weighted by Gasteiger charge is 2.23. The van der Waals surface area contributed by atoms with Crippen LogP contribution in [-0.2, 0) is 21.4 Å². The van der Waals surface area contributed by atoms with Gasteiger partial charge in [0.05, 0.1) is 25.2 Å². The van der Waals surface area contributed by atoms with Crippen molar-refractivity contribution in [2.24, 2.45) is 0 Å². The van der Waals surface area contributed by atoms with Crippen LogP contribution >= 0.6 is 0 Å². The van der Waals surface area contributed by atoms with E-state index in [4.69, 9.17) is 18.9 Å². The number of methoxy groups -OCH3 is 2. The number of ether oxygens (including phenoxy) is 4. The maximum absolute atomic E-state index is 12.6. The van der Waals surface area contributed by atoms with Crippen molar-refractivity contribution in [1.29, 1.82) is 0 Å². The van der Waals surface area contributed by atoms with Crippen molar-refractivity contribution < 1.29 is 32.2 Å². The Bertz CT molecular complexity index is 1010. The van der Waals surface area contributed by atoms with Gasteiger partial charge in [-0.2, -0.15) is 4.72 Å². The Balaban J connectivity index is 1.62. The van der Waals surface area contributed by atoms with Crippen molar-refractivity contribution in [2.75, 3.05) is 21.0 Å². The average molecular weight is 422 g/mol. The van der Waals surface area contributed by atoms with Crippen LogP contribution in [0.5, 0.6) is 23.0 Å². The quantitative estimate of drug-likeness (QED) is 0.662. The van der Waals surface area contributed by atoms with Gasteiger partial charge in [-0.25, -0.2) is 8.42 Å². The van der Waals surface area contributed by atoms with Gasteiger partial charge in [0.15, 0.2) is 23.0 Å². The number of benzene rings is 2. The van der Waals surface area contributed by atoms with Gasteiger partial charge in [-0.3, -0.25) is 4.79 Å². The van der Waals surface area contributed by atoms with Gasteiger partial charge in [0.1, 0.15) is 0 Å². The molecule has 0 unspecified atom stereocenters. The van der Waals surface area contributed by atoms with E-state index in [1.807, 2.05) is 0 Å². The van der Waals surface area contributed by atoms with E-state index in [9.17, 15) is 13.2 Å². The van der Waals surface area contributed by atoms with Crippen LogP contribution < -0.4 is 29.0 Å². The molecule has 0 aromatic heterocycles. The molecule has 0 bridgehead atoms. The Morgan fingerprint density at radius 1 is 1.07 bits per heavy atom. The summed E-state index contributed by atoms with van der Waals surface area (Å²) < 4.78 is 48.3. The van der Waals surface area contributed by atoms with Gasteiger partial charge in [0.25, 0.3) is 0 Å². The number of carbonyl (C=O) groups excluding carboxylic acids is 1. The third kappa shape index (κ3) is 4.72. The molecule has 10 heteroatoms. The van der Waals surface area contributed by atoms with Crippen LogP contribution in [0.1, 0.15) is 12.5 Å². The summed E-state index contributed by atoms with van der Waals surface area (Å²) >= 11 is 0. The van der Waals surface area contributed by atoms with Crippen molar-refractivity contribution in [1.82, 2.24) is 10.0 Å². The van der Waals surface area contributed by atoms with Crippen LogP contribution in [-0.4, -0.2) is 41.4 Å². The molecule has 2 aromatic rings. The first-order valence-corrected chi connectivity index (χ1v) is 10.2. The third-order valence-electron chi connectivity index (χ3n) is 4.29. The van der Waals surface area contributed by atoms with Crippen molar-refractivity contribution in [2.45, 2.75) is 24.4 Å². The van der Waals surface area contributed by atoms with Crippen molar-refractivity contribution >= 4 is 15.9 Å². The molecule has 156 valence electrons. The zero-order valence-electron chi connectivity index (χ0n) is 16.2. The van der Waals surface area contributed by atoms with Gasteiger partial charge in [-0.05, 0) is 36.8 Å². The van der Waals surface area contributed by atoms with E-state index in [1.165, 1.54) is 39.3 Å². The summed E-state index contributed by atoms with van der Waals surface area (Å²) in [5.74, 6) is 1.47. The summed E-state index contributed by atoms with van der Waals surface area (Å²) in [6.45, 7) is 1.85. The molecule has 1 amide bonds. The molecule has 9 nitrogen and oxygen atoms in total. The Kier molecular flexibility index (Phi) is 6.14. The highest BCUT2D eigenvalue weighted by atomic mass is 32.2. The Morgan fingerprint density at radius 3 is 2.52 bits per heavy atom. The number of sulfonamides is 1. The lowest BCUT2D eigenvalue weighted by atomic mass is 10.2. The molecular weight excluding hydrogens is 400 g/mol. The largest absolute Gasteiger partial charge is 0.493 e. The van der Waals surface area contributed by atoms with Crippen molar-refractivity contribution in [3.8, 4) is 23.0 Å². The van der Waals surface area contributed by atoms with E-state index in [0.29, 0.717) is 17.2 Å². The molecule has 1 heterocycles. The molecule has 1 aliphatic rings. The minimum absolute atomic E-state index is 0.0365. The number of hydrogen-bond donors (Lipinski definition) is 2. The fourth-order valence-electron chi connectivity index (χ4n) is 2.73. The summed E-state index contributed by atoms with van der Waals surface area (Å²) in [7, 11) is -1.07. The number of carbonyl (C=O) groups is 1. The van der Waals surface area contributed by atoms with Crippen molar-refractivity contribution in [3.05, 3.63) is 42.0 Å². The molecule has 29 heavy (non-hydrogen) atoms. The zero-order chi connectivity index (χ0) is 21.0. The Labute approximate surface area is 169 Å². The van der Waals surface area contributed by atoms with Crippen LogP contribution in [0.15, 0.2) is 41.3 Å². The van der Waals surface area contributed by atoms with Gasteiger partial charge in [0, 0.05) is 12.6 Å². The molecule has 0 aliphatic carbocycles. The molecule has 0 spiro atoms. The topological polar surface area (TPSA) is 112 Å². The van der Waals surface area contributed by atoms with E-state index >= 15 is 0 Å². The van der Waals surface area contributed by atoms with E-state index in [1.54, 1.807) is 18.2 Å². The highest BCUT2D eigenvalue weighted by Crippen LogP contribution is 2.32. The van der Waals surface area contributed by atoms with Crippen LogP contribution in [0.4, 0.5) is 0 Å². The average Bonchev–Trinajstić information content (AvgIpc) is 3.18. The summed E-state index contributed by atoms with van der Waals surface area (Å²) in [5, 5.41) is 2.70. The number of fused-ring (bicyclic) bond motifs is 1. The number of nitrogens with one attached hydrogen (secondary N) is 2. The first kappa shape index (κ1) is 20.7. The Morgan fingerprint density at radius 2 is 1.79 bits per heavy atom. The molecule has 0 fully saturated rings. The lowest BCUT2D eigenvalue weighted by Gasteiger charge is -2.15. The lowest BCUT2D eigenvalue weighted by molar-refractivity contribution is -0.122. The van der Waals surface area contributed by atoms with E-state index in [0.717, 1.165) is 5.56 Å². The van der Waals surface area contributed by atoms with E-state index < -0.39 is 22.0 Å². The first-order valence-electron chi connectivity index (χ1n) is 8.74. The van der Waals surface area contributed by atoms with Gasteiger partial charge in [-0.15, -0.1) is 0 Å².